The Hall–Kier alpha value is -6.62. The minimum atomic E-state index is -1.02. The summed E-state index contributed by atoms with van der Waals surface area (Å²) in [6.45, 7) is 0. The zero-order valence-corrected chi connectivity index (χ0v) is 32.2. The summed E-state index contributed by atoms with van der Waals surface area (Å²) in [4.78, 5) is 46.2. The van der Waals surface area contributed by atoms with Crippen molar-refractivity contribution >= 4 is 55.7 Å². The van der Waals surface area contributed by atoms with Gasteiger partial charge < -0.3 is 20.4 Å². The van der Waals surface area contributed by atoms with Crippen LogP contribution in [0, 0.1) is 0 Å². The van der Waals surface area contributed by atoms with E-state index in [0.29, 0.717) is 0 Å². The molecule has 0 aromatic heterocycles. The summed E-state index contributed by atoms with van der Waals surface area (Å²) in [5, 5.41) is 37.9. The summed E-state index contributed by atoms with van der Waals surface area (Å²) in [7, 11) is 0. The van der Waals surface area contributed by atoms with Gasteiger partial charge in [0.05, 0.1) is 22.3 Å². The van der Waals surface area contributed by atoms with Gasteiger partial charge in [-0.05, 0) is 184 Å². The van der Waals surface area contributed by atoms with Crippen molar-refractivity contribution in [1.29, 1.82) is 0 Å². The van der Waals surface area contributed by atoms with Crippen LogP contribution in [0.4, 0.5) is 0 Å². The molecule has 0 aliphatic carbocycles. The number of rotatable bonds is 10. The third-order valence-electron chi connectivity index (χ3n) is 9.43. The van der Waals surface area contributed by atoms with Crippen molar-refractivity contribution in [3.8, 4) is 66.8 Å². The van der Waals surface area contributed by atoms with Gasteiger partial charge in [0.15, 0.2) is 0 Å². The van der Waals surface area contributed by atoms with E-state index in [1.165, 1.54) is 0 Å². The van der Waals surface area contributed by atoms with Crippen LogP contribution in [0.2, 0.25) is 0 Å². The van der Waals surface area contributed by atoms with Gasteiger partial charge in [-0.25, -0.2) is 19.2 Å². The maximum absolute atomic E-state index is 11.6. The Labute approximate surface area is 337 Å². The van der Waals surface area contributed by atoms with Crippen LogP contribution < -0.4 is 0 Å². The smallest absolute Gasteiger partial charge is 0.335 e. The fourth-order valence-electron chi connectivity index (χ4n) is 6.45. The number of halogens is 2. The predicted molar refractivity (Wildman–Crippen MR) is 222 cm³/mol. The van der Waals surface area contributed by atoms with Crippen LogP contribution in [-0.4, -0.2) is 44.3 Å². The third kappa shape index (κ3) is 7.79. The monoisotopic (exact) mass is 866 g/mol. The van der Waals surface area contributed by atoms with Crippen molar-refractivity contribution in [3.63, 3.8) is 0 Å². The van der Waals surface area contributed by atoms with Gasteiger partial charge in [0.2, 0.25) is 0 Å². The van der Waals surface area contributed by atoms with Crippen LogP contribution in [-0.2, 0) is 0 Å². The SMILES string of the molecule is O=C(O)c1ccc(-c2cc(-c3ccc(C(=O)O)cc3)cc(-c3ccc(-c4cc(-c5ccc(C(=O)O)cc5)cc(-c5ccc(C(=O)O)cc5)c4)c(Br)c3Br)c2)cc1. The van der Waals surface area contributed by atoms with E-state index in [1.54, 1.807) is 97.1 Å². The van der Waals surface area contributed by atoms with E-state index < -0.39 is 23.9 Å². The van der Waals surface area contributed by atoms with Gasteiger partial charge in [-0.15, -0.1) is 0 Å². The number of hydrogen-bond acceptors (Lipinski definition) is 4. The highest BCUT2D eigenvalue weighted by molar-refractivity contribution is 9.13. The molecule has 0 spiro atoms. The Bertz CT molecular complexity index is 2350. The molecule has 7 aromatic carbocycles. The van der Waals surface area contributed by atoms with Crippen molar-refractivity contribution in [1.82, 2.24) is 0 Å². The molecule has 0 aliphatic heterocycles. The van der Waals surface area contributed by atoms with E-state index in [0.717, 1.165) is 75.7 Å². The standard InChI is InChI=1S/C46H28Br2O8/c47-41-39(37-21-33(25-1-9-29(10-2-25)43(49)50)19-34(22-37)26-3-11-30(12-4-26)44(51)52)17-18-40(42(41)48)38-23-35(27-5-13-31(14-6-27)45(53)54)20-36(24-38)28-7-15-32(16-8-28)46(55)56/h1-24H,(H,49,50)(H,51,52)(H,53,54)(H,55,56). The highest BCUT2D eigenvalue weighted by Crippen LogP contribution is 2.44. The lowest BCUT2D eigenvalue weighted by Gasteiger charge is -2.17. The number of carboxylic acids is 4. The predicted octanol–water partition coefficient (Wildman–Crippen LogP) is 12.0. The summed E-state index contributed by atoms with van der Waals surface area (Å²) in [5.74, 6) is -4.10. The molecule has 0 saturated carbocycles. The second kappa shape index (κ2) is 15.6. The van der Waals surface area contributed by atoms with Crippen LogP contribution >= 0.6 is 31.9 Å². The molecule has 7 aromatic rings. The molecule has 0 bridgehead atoms. The number of aromatic carboxylic acids is 4. The molecule has 7 rings (SSSR count). The first-order valence-corrected chi connectivity index (χ1v) is 18.6. The Kier molecular flexibility index (Phi) is 10.5. The minimum Gasteiger partial charge on any atom is -0.478 e. The lowest BCUT2D eigenvalue weighted by atomic mass is 9.90. The maximum Gasteiger partial charge on any atom is 0.335 e. The minimum absolute atomic E-state index is 0.165. The topological polar surface area (TPSA) is 149 Å². The van der Waals surface area contributed by atoms with E-state index >= 15 is 0 Å². The number of benzene rings is 7. The van der Waals surface area contributed by atoms with Crippen molar-refractivity contribution in [2.75, 3.05) is 0 Å². The van der Waals surface area contributed by atoms with Crippen molar-refractivity contribution in [3.05, 3.63) is 177 Å². The Morgan fingerprint density at radius 2 is 0.482 bits per heavy atom. The molecule has 0 saturated heterocycles. The number of carboxylic acid groups (broad SMARTS) is 4. The Morgan fingerprint density at radius 3 is 0.679 bits per heavy atom. The van der Waals surface area contributed by atoms with Gasteiger partial charge in [0.1, 0.15) is 0 Å². The summed E-state index contributed by atoms with van der Waals surface area (Å²) in [5.41, 5.74) is 10.5. The molecule has 4 N–H and O–H groups in total. The van der Waals surface area contributed by atoms with E-state index in [2.05, 4.69) is 31.9 Å². The molecule has 10 heteroatoms. The molecule has 0 atom stereocenters. The van der Waals surface area contributed by atoms with Crippen molar-refractivity contribution in [2.45, 2.75) is 0 Å². The van der Waals surface area contributed by atoms with Crippen molar-refractivity contribution in [2.24, 2.45) is 0 Å². The van der Waals surface area contributed by atoms with E-state index in [-0.39, 0.29) is 22.3 Å². The Morgan fingerprint density at radius 1 is 0.286 bits per heavy atom. The van der Waals surface area contributed by atoms with Gasteiger partial charge in [-0.1, -0.05) is 60.7 Å². The van der Waals surface area contributed by atoms with E-state index in [4.69, 9.17) is 0 Å². The lowest BCUT2D eigenvalue weighted by molar-refractivity contribution is 0.0686. The largest absolute Gasteiger partial charge is 0.478 e. The zero-order chi connectivity index (χ0) is 39.7. The van der Waals surface area contributed by atoms with Gasteiger partial charge in [0.25, 0.3) is 0 Å². The normalized spacial score (nSPS) is 10.9. The van der Waals surface area contributed by atoms with Crippen LogP contribution in [0.25, 0.3) is 66.8 Å². The molecule has 0 radical (unpaired) electrons. The molecule has 0 fully saturated rings. The van der Waals surface area contributed by atoms with Crippen LogP contribution in [0.1, 0.15) is 41.4 Å². The summed E-state index contributed by atoms with van der Waals surface area (Å²) in [6.07, 6.45) is 0. The first kappa shape index (κ1) is 37.7. The molecule has 0 unspecified atom stereocenters. The van der Waals surface area contributed by atoms with Crippen LogP contribution in [0.3, 0.4) is 0 Å². The quantitative estimate of drug-likeness (QED) is 0.106. The van der Waals surface area contributed by atoms with Gasteiger partial charge >= 0.3 is 23.9 Å². The average Bonchev–Trinajstić information content (AvgIpc) is 3.21. The molecule has 0 aliphatic rings. The molecular weight excluding hydrogens is 840 g/mol. The summed E-state index contributed by atoms with van der Waals surface area (Å²) in [6, 6.07) is 42.4. The Balaban J connectivity index is 1.36. The highest BCUT2D eigenvalue weighted by atomic mass is 79.9. The number of carbonyl (C=O) groups is 4. The average molecular weight is 869 g/mol. The van der Waals surface area contributed by atoms with Gasteiger partial charge in [-0.3, -0.25) is 0 Å². The fraction of sp³-hybridized carbons (Fsp3) is 0. The van der Waals surface area contributed by atoms with Gasteiger partial charge in [0, 0.05) is 8.95 Å². The first-order chi connectivity index (χ1) is 26.9. The van der Waals surface area contributed by atoms with E-state index in [1.807, 2.05) is 48.5 Å². The molecule has 0 amide bonds. The fourth-order valence-corrected chi connectivity index (χ4v) is 7.60. The number of hydrogen-bond donors (Lipinski definition) is 4. The van der Waals surface area contributed by atoms with E-state index in [9.17, 15) is 39.6 Å². The second-order valence-corrected chi connectivity index (χ2v) is 14.5. The maximum atomic E-state index is 11.6. The molecule has 274 valence electrons. The molecule has 8 nitrogen and oxygen atoms in total. The molecular formula is C46H28Br2O8. The molecule has 56 heavy (non-hydrogen) atoms. The molecule has 0 heterocycles. The van der Waals surface area contributed by atoms with Crippen LogP contribution in [0.15, 0.2) is 155 Å². The van der Waals surface area contributed by atoms with Crippen LogP contribution in [0.5, 0.6) is 0 Å². The third-order valence-corrected chi connectivity index (χ3v) is 11.6. The summed E-state index contributed by atoms with van der Waals surface area (Å²) >= 11 is 7.72. The summed E-state index contributed by atoms with van der Waals surface area (Å²) < 4.78 is 1.51. The highest BCUT2D eigenvalue weighted by Gasteiger charge is 2.18. The van der Waals surface area contributed by atoms with Crippen molar-refractivity contribution < 1.29 is 39.6 Å². The first-order valence-electron chi connectivity index (χ1n) is 17.0. The lowest BCUT2D eigenvalue weighted by Crippen LogP contribution is -1.96. The van der Waals surface area contributed by atoms with Gasteiger partial charge in [-0.2, -0.15) is 0 Å². The zero-order valence-electron chi connectivity index (χ0n) is 29.0. The second-order valence-electron chi connectivity index (χ2n) is 12.9.